The molecule has 0 heterocycles. The van der Waals surface area contributed by atoms with Crippen LogP contribution in [-0.4, -0.2) is 31.6 Å². The third-order valence-electron chi connectivity index (χ3n) is 1.91. The van der Waals surface area contributed by atoms with E-state index >= 15 is 0 Å². The third kappa shape index (κ3) is 3.42. The molecular formula is C9H15NO2. The minimum Gasteiger partial charge on any atom is -0.466 e. The van der Waals surface area contributed by atoms with E-state index in [0.29, 0.717) is 0 Å². The van der Waals surface area contributed by atoms with Crippen LogP contribution in [0.15, 0.2) is 12.3 Å². The first-order valence-corrected chi connectivity index (χ1v) is 4.18. The molecule has 1 saturated carbocycles. The predicted molar refractivity (Wildman–Crippen MR) is 46.5 cm³/mol. The quantitative estimate of drug-likeness (QED) is 0.464. The fourth-order valence-electron chi connectivity index (χ4n) is 1.02. The Bertz CT molecular complexity index is 185. The van der Waals surface area contributed by atoms with E-state index in [2.05, 4.69) is 4.74 Å². The number of hydrogen-bond donors (Lipinski definition) is 0. The summed E-state index contributed by atoms with van der Waals surface area (Å²) >= 11 is 0. The molecule has 1 aliphatic carbocycles. The van der Waals surface area contributed by atoms with Gasteiger partial charge in [-0.05, 0) is 18.8 Å². The van der Waals surface area contributed by atoms with Crippen molar-refractivity contribution >= 4 is 5.97 Å². The molecule has 1 rings (SSSR count). The Balaban J connectivity index is 2.18. The molecule has 12 heavy (non-hydrogen) atoms. The zero-order valence-corrected chi connectivity index (χ0v) is 7.62. The minimum atomic E-state index is -0.294. The molecule has 0 radical (unpaired) electrons. The average Bonchev–Trinajstić information content (AvgIpc) is 2.84. The number of ether oxygens (including phenoxy) is 1. The SMILES string of the molecule is COC(=O)C=CN(C)CC1CC1. The number of carbonyl (C=O) groups excluding carboxylic acids is 1. The van der Waals surface area contributed by atoms with E-state index in [9.17, 15) is 4.79 Å². The van der Waals surface area contributed by atoms with Crippen LogP contribution in [0.3, 0.4) is 0 Å². The number of rotatable bonds is 4. The summed E-state index contributed by atoms with van der Waals surface area (Å²) in [5, 5.41) is 0. The van der Waals surface area contributed by atoms with E-state index in [1.54, 1.807) is 6.20 Å². The van der Waals surface area contributed by atoms with Crippen molar-refractivity contribution in [2.24, 2.45) is 5.92 Å². The summed E-state index contributed by atoms with van der Waals surface area (Å²) in [6, 6.07) is 0. The van der Waals surface area contributed by atoms with Gasteiger partial charge >= 0.3 is 5.97 Å². The second kappa shape index (κ2) is 4.14. The molecule has 0 aliphatic heterocycles. The number of hydrogen-bond acceptors (Lipinski definition) is 3. The molecule has 1 aliphatic rings. The lowest BCUT2D eigenvalue weighted by atomic mass is 10.4. The van der Waals surface area contributed by atoms with E-state index in [1.807, 2.05) is 11.9 Å². The van der Waals surface area contributed by atoms with Crippen molar-refractivity contribution in [2.45, 2.75) is 12.8 Å². The third-order valence-corrected chi connectivity index (χ3v) is 1.91. The molecule has 0 atom stereocenters. The molecule has 0 aromatic carbocycles. The van der Waals surface area contributed by atoms with Crippen molar-refractivity contribution in [3.05, 3.63) is 12.3 Å². The molecular weight excluding hydrogens is 154 g/mol. The topological polar surface area (TPSA) is 29.5 Å². The van der Waals surface area contributed by atoms with Crippen LogP contribution >= 0.6 is 0 Å². The summed E-state index contributed by atoms with van der Waals surface area (Å²) in [7, 11) is 3.35. The Hall–Kier alpha value is -0.990. The van der Waals surface area contributed by atoms with Gasteiger partial charge < -0.3 is 9.64 Å². The summed E-state index contributed by atoms with van der Waals surface area (Å²) in [5.74, 6) is 0.551. The highest BCUT2D eigenvalue weighted by Crippen LogP contribution is 2.29. The second-order valence-corrected chi connectivity index (χ2v) is 3.22. The van der Waals surface area contributed by atoms with Crippen molar-refractivity contribution < 1.29 is 9.53 Å². The molecule has 3 nitrogen and oxygen atoms in total. The summed E-state index contributed by atoms with van der Waals surface area (Å²) in [5.41, 5.74) is 0. The van der Waals surface area contributed by atoms with Gasteiger partial charge in [0.1, 0.15) is 0 Å². The molecule has 0 bridgehead atoms. The first kappa shape index (κ1) is 9.10. The van der Waals surface area contributed by atoms with E-state index < -0.39 is 0 Å². The van der Waals surface area contributed by atoms with Crippen LogP contribution in [0.1, 0.15) is 12.8 Å². The van der Waals surface area contributed by atoms with E-state index in [-0.39, 0.29) is 5.97 Å². The van der Waals surface area contributed by atoms with E-state index in [4.69, 9.17) is 0 Å². The molecule has 0 amide bonds. The largest absolute Gasteiger partial charge is 0.466 e. The molecule has 0 spiro atoms. The molecule has 0 unspecified atom stereocenters. The normalized spacial score (nSPS) is 16.5. The Kier molecular flexibility index (Phi) is 3.14. The van der Waals surface area contributed by atoms with Gasteiger partial charge in [-0.15, -0.1) is 0 Å². The van der Waals surface area contributed by atoms with Gasteiger partial charge in [-0.3, -0.25) is 0 Å². The average molecular weight is 169 g/mol. The van der Waals surface area contributed by atoms with Gasteiger partial charge in [0.05, 0.1) is 7.11 Å². The van der Waals surface area contributed by atoms with Gasteiger partial charge in [0, 0.05) is 25.9 Å². The number of methoxy groups -OCH3 is 1. The van der Waals surface area contributed by atoms with Gasteiger partial charge in [-0.25, -0.2) is 4.79 Å². The van der Waals surface area contributed by atoms with E-state index in [0.717, 1.165) is 12.5 Å². The molecule has 0 N–H and O–H groups in total. The summed E-state index contributed by atoms with van der Waals surface area (Å²) < 4.78 is 4.47. The van der Waals surface area contributed by atoms with Gasteiger partial charge in [0.25, 0.3) is 0 Å². The van der Waals surface area contributed by atoms with Gasteiger partial charge in [0.15, 0.2) is 0 Å². The van der Waals surface area contributed by atoms with Crippen LogP contribution in [0.4, 0.5) is 0 Å². The first-order chi connectivity index (χ1) is 5.72. The van der Waals surface area contributed by atoms with Gasteiger partial charge in [-0.2, -0.15) is 0 Å². The maximum atomic E-state index is 10.7. The molecule has 68 valence electrons. The monoisotopic (exact) mass is 169 g/mol. The highest BCUT2D eigenvalue weighted by molar-refractivity contribution is 5.81. The van der Waals surface area contributed by atoms with E-state index in [1.165, 1.54) is 26.0 Å². The summed E-state index contributed by atoms with van der Waals surface area (Å²) in [6.07, 6.45) is 5.87. The highest BCUT2D eigenvalue weighted by atomic mass is 16.5. The first-order valence-electron chi connectivity index (χ1n) is 4.18. The Labute approximate surface area is 73.0 Å². The molecule has 0 saturated heterocycles. The number of nitrogens with zero attached hydrogens (tertiary/aromatic N) is 1. The van der Waals surface area contributed by atoms with Crippen molar-refractivity contribution in [3.63, 3.8) is 0 Å². The zero-order valence-electron chi connectivity index (χ0n) is 7.62. The lowest BCUT2D eigenvalue weighted by Crippen LogP contribution is -2.14. The molecule has 3 heteroatoms. The minimum absolute atomic E-state index is 0.294. The second-order valence-electron chi connectivity index (χ2n) is 3.22. The summed E-state index contributed by atoms with van der Waals surface area (Å²) in [4.78, 5) is 12.7. The molecule has 0 aromatic heterocycles. The maximum absolute atomic E-state index is 10.7. The van der Waals surface area contributed by atoms with Crippen LogP contribution in [-0.2, 0) is 9.53 Å². The van der Waals surface area contributed by atoms with Crippen molar-refractivity contribution in [2.75, 3.05) is 20.7 Å². The van der Waals surface area contributed by atoms with Crippen molar-refractivity contribution in [1.82, 2.24) is 4.90 Å². The number of carbonyl (C=O) groups is 1. The van der Waals surface area contributed by atoms with Crippen LogP contribution in [0.25, 0.3) is 0 Å². The lowest BCUT2D eigenvalue weighted by Gasteiger charge is -2.11. The number of esters is 1. The van der Waals surface area contributed by atoms with Gasteiger partial charge in [-0.1, -0.05) is 0 Å². The summed E-state index contributed by atoms with van der Waals surface area (Å²) in [6.45, 7) is 1.05. The fraction of sp³-hybridized carbons (Fsp3) is 0.667. The molecule has 1 fully saturated rings. The highest BCUT2D eigenvalue weighted by Gasteiger charge is 2.21. The standard InChI is InChI=1S/C9H15NO2/c1-10(7-8-3-4-8)6-5-9(11)12-2/h5-6,8H,3-4,7H2,1-2H3. The molecule has 0 aromatic rings. The zero-order chi connectivity index (χ0) is 8.97. The maximum Gasteiger partial charge on any atom is 0.331 e. The lowest BCUT2D eigenvalue weighted by molar-refractivity contribution is -0.134. The Morgan fingerprint density at radius 1 is 1.67 bits per heavy atom. The fourth-order valence-corrected chi connectivity index (χ4v) is 1.02. The van der Waals surface area contributed by atoms with Crippen molar-refractivity contribution in [1.29, 1.82) is 0 Å². The van der Waals surface area contributed by atoms with Crippen molar-refractivity contribution in [3.8, 4) is 0 Å². The van der Waals surface area contributed by atoms with Crippen LogP contribution in [0.5, 0.6) is 0 Å². The smallest absolute Gasteiger partial charge is 0.331 e. The predicted octanol–water partition coefficient (Wildman–Crippen LogP) is 1.01. The van der Waals surface area contributed by atoms with Crippen LogP contribution in [0.2, 0.25) is 0 Å². The van der Waals surface area contributed by atoms with Crippen LogP contribution < -0.4 is 0 Å². The Morgan fingerprint density at radius 2 is 2.33 bits per heavy atom. The van der Waals surface area contributed by atoms with Gasteiger partial charge in [0.2, 0.25) is 0 Å². The Morgan fingerprint density at radius 3 is 2.83 bits per heavy atom. The van der Waals surface area contributed by atoms with Crippen LogP contribution in [0, 0.1) is 5.92 Å².